The third kappa shape index (κ3) is 4.66. The van der Waals surface area contributed by atoms with E-state index in [1.54, 1.807) is 12.1 Å². The number of halogens is 1. The number of benzene rings is 1. The highest BCUT2D eigenvalue weighted by Gasteiger charge is 2.15. The number of carbonyl (C=O) groups is 1. The lowest BCUT2D eigenvalue weighted by molar-refractivity contribution is -0.121. The Balaban J connectivity index is 1.62. The first-order valence-corrected chi connectivity index (χ1v) is 7.26. The lowest BCUT2D eigenvalue weighted by atomic mass is 10.0. The lowest BCUT2D eigenvalue weighted by Gasteiger charge is -2.09. The van der Waals surface area contributed by atoms with E-state index in [9.17, 15) is 9.18 Å². The van der Waals surface area contributed by atoms with Crippen molar-refractivity contribution in [3.63, 3.8) is 0 Å². The fraction of sp³-hybridized carbons (Fsp3) is 0.562. The summed E-state index contributed by atoms with van der Waals surface area (Å²) in [5, 5.41) is 2.88. The molecule has 0 saturated heterocycles. The summed E-state index contributed by atoms with van der Waals surface area (Å²) in [6.07, 6.45) is 7.37. The summed E-state index contributed by atoms with van der Waals surface area (Å²) in [6, 6.07) is 6.72. The van der Waals surface area contributed by atoms with E-state index >= 15 is 0 Å². The Morgan fingerprint density at radius 1 is 1.26 bits per heavy atom. The highest BCUT2D eigenvalue weighted by atomic mass is 19.1. The van der Waals surface area contributed by atoms with E-state index in [0.29, 0.717) is 24.9 Å². The minimum Gasteiger partial charge on any atom is -0.356 e. The van der Waals surface area contributed by atoms with Crippen molar-refractivity contribution < 1.29 is 9.18 Å². The monoisotopic (exact) mass is 263 g/mol. The van der Waals surface area contributed by atoms with Gasteiger partial charge in [-0.25, -0.2) is 4.39 Å². The molecule has 0 heterocycles. The van der Waals surface area contributed by atoms with Crippen LogP contribution in [0.5, 0.6) is 0 Å². The van der Waals surface area contributed by atoms with Gasteiger partial charge in [0, 0.05) is 13.0 Å². The van der Waals surface area contributed by atoms with Crippen LogP contribution < -0.4 is 5.32 Å². The molecular formula is C16H22FNO. The molecule has 1 aromatic carbocycles. The van der Waals surface area contributed by atoms with Gasteiger partial charge in [-0.05, 0) is 30.4 Å². The first-order valence-electron chi connectivity index (χ1n) is 7.26. The quantitative estimate of drug-likeness (QED) is 0.836. The summed E-state index contributed by atoms with van der Waals surface area (Å²) in [5.41, 5.74) is 0.665. The second-order valence-electron chi connectivity index (χ2n) is 5.38. The van der Waals surface area contributed by atoms with Gasteiger partial charge in [0.1, 0.15) is 5.82 Å². The SMILES string of the molecule is O=C(CCC1CCCC1)NCCc1ccccc1F. The molecule has 1 fully saturated rings. The van der Waals surface area contributed by atoms with Gasteiger partial charge in [0.2, 0.25) is 5.91 Å². The molecule has 1 aliphatic rings. The molecule has 19 heavy (non-hydrogen) atoms. The van der Waals surface area contributed by atoms with Crippen molar-refractivity contribution in [1.29, 1.82) is 0 Å². The Hall–Kier alpha value is -1.38. The molecule has 0 spiro atoms. The molecule has 104 valence electrons. The first-order chi connectivity index (χ1) is 9.25. The zero-order chi connectivity index (χ0) is 13.5. The van der Waals surface area contributed by atoms with Crippen molar-refractivity contribution in [2.75, 3.05) is 6.54 Å². The summed E-state index contributed by atoms with van der Waals surface area (Å²) in [7, 11) is 0. The Morgan fingerprint density at radius 3 is 2.74 bits per heavy atom. The minimum absolute atomic E-state index is 0.100. The largest absolute Gasteiger partial charge is 0.356 e. The minimum atomic E-state index is -0.192. The van der Waals surface area contributed by atoms with E-state index < -0.39 is 0 Å². The van der Waals surface area contributed by atoms with Crippen molar-refractivity contribution in [3.8, 4) is 0 Å². The summed E-state index contributed by atoms with van der Waals surface area (Å²) in [6.45, 7) is 0.518. The zero-order valence-electron chi connectivity index (χ0n) is 11.3. The van der Waals surface area contributed by atoms with Crippen molar-refractivity contribution in [2.45, 2.75) is 44.9 Å². The molecule has 0 bridgehead atoms. The third-order valence-corrected chi connectivity index (χ3v) is 3.93. The smallest absolute Gasteiger partial charge is 0.220 e. The number of hydrogen-bond acceptors (Lipinski definition) is 1. The molecule has 0 unspecified atom stereocenters. The van der Waals surface area contributed by atoms with Gasteiger partial charge in [-0.2, -0.15) is 0 Å². The topological polar surface area (TPSA) is 29.1 Å². The van der Waals surface area contributed by atoms with Crippen molar-refractivity contribution >= 4 is 5.91 Å². The molecule has 3 heteroatoms. The summed E-state index contributed by atoms with van der Waals surface area (Å²) < 4.78 is 13.4. The predicted octanol–water partition coefficient (Wildman–Crippen LogP) is 3.45. The van der Waals surface area contributed by atoms with E-state index in [2.05, 4.69) is 5.32 Å². The zero-order valence-corrected chi connectivity index (χ0v) is 11.3. The van der Waals surface area contributed by atoms with Crippen LogP contribution in [0.15, 0.2) is 24.3 Å². The summed E-state index contributed by atoms with van der Waals surface area (Å²) in [4.78, 5) is 11.7. The van der Waals surface area contributed by atoms with Crippen LogP contribution in [0, 0.1) is 11.7 Å². The first kappa shape index (κ1) is 14.0. The van der Waals surface area contributed by atoms with Gasteiger partial charge in [0.05, 0.1) is 0 Å². The van der Waals surface area contributed by atoms with Crippen LogP contribution in [0.3, 0.4) is 0 Å². The Morgan fingerprint density at radius 2 is 2.00 bits per heavy atom. The molecule has 2 rings (SSSR count). The standard InChI is InChI=1S/C16H22FNO/c17-15-8-4-3-7-14(15)11-12-18-16(19)10-9-13-5-1-2-6-13/h3-4,7-8,13H,1-2,5-6,9-12H2,(H,18,19). The van der Waals surface area contributed by atoms with Crippen molar-refractivity contribution in [2.24, 2.45) is 5.92 Å². The molecule has 1 amide bonds. The molecule has 0 radical (unpaired) electrons. The fourth-order valence-electron chi connectivity index (χ4n) is 2.76. The van der Waals surface area contributed by atoms with Crippen LogP contribution in [0.1, 0.15) is 44.1 Å². The number of nitrogens with one attached hydrogen (secondary N) is 1. The number of rotatable bonds is 6. The van der Waals surface area contributed by atoms with Crippen LogP contribution in [0.2, 0.25) is 0 Å². The van der Waals surface area contributed by atoms with E-state index in [1.165, 1.54) is 31.7 Å². The summed E-state index contributed by atoms with van der Waals surface area (Å²) >= 11 is 0. The normalized spacial score (nSPS) is 15.6. The highest BCUT2D eigenvalue weighted by molar-refractivity contribution is 5.75. The van der Waals surface area contributed by atoms with Crippen molar-refractivity contribution in [3.05, 3.63) is 35.6 Å². The Labute approximate surface area is 114 Å². The maximum atomic E-state index is 13.4. The maximum Gasteiger partial charge on any atom is 0.220 e. The van der Waals surface area contributed by atoms with Gasteiger partial charge >= 0.3 is 0 Å². The van der Waals surface area contributed by atoms with E-state index in [0.717, 1.165) is 12.3 Å². The molecule has 0 aromatic heterocycles. The average molecular weight is 263 g/mol. The molecule has 0 aliphatic heterocycles. The average Bonchev–Trinajstić information content (AvgIpc) is 2.92. The Bertz CT molecular complexity index is 413. The van der Waals surface area contributed by atoms with Crippen LogP contribution in [-0.4, -0.2) is 12.5 Å². The number of amides is 1. The van der Waals surface area contributed by atoms with Gasteiger partial charge in [0.15, 0.2) is 0 Å². The second kappa shape index (κ2) is 7.27. The predicted molar refractivity (Wildman–Crippen MR) is 74.3 cm³/mol. The van der Waals surface area contributed by atoms with Crippen LogP contribution in [0.25, 0.3) is 0 Å². The van der Waals surface area contributed by atoms with Crippen LogP contribution in [0.4, 0.5) is 4.39 Å². The molecule has 1 aromatic rings. The number of hydrogen-bond donors (Lipinski definition) is 1. The molecule has 2 nitrogen and oxygen atoms in total. The van der Waals surface area contributed by atoms with Crippen LogP contribution in [-0.2, 0) is 11.2 Å². The maximum absolute atomic E-state index is 13.4. The number of carbonyl (C=O) groups excluding carboxylic acids is 1. The highest BCUT2D eigenvalue weighted by Crippen LogP contribution is 2.28. The molecule has 1 N–H and O–H groups in total. The molecule has 0 atom stereocenters. The molecule has 1 aliphatic carbocycles. The summed E-state index contributed by atoms with van der Waals surface area (Å²) in [5.74, 6) is 0.656. The lowest BCUT2D eigenvalue weighted by Crippen LogP contribution is -2.26. The van der Waals surface area contributed by atoms with Gasteiger partial charge in [-0.15, -0.1) is 0 Å². The fourth-order valence-corrected chi connectivity index (χ4v) is 2.76. The van der Waals surface area contributed by atoms with Crippen molar-refractivity contribution in [1.82, 2.24) is 5.32 Å². The Kier molecular flexibility index (Phi) is 5.37. The second-order valence-corrected chi connectivity index (χ2v) is 5.38. The molecular weight excluding hydrogens is 241 g/mol. The third-order valence-electron chi connectivity index (χ3n) is 3.93. The van der Waals surface area contributed by atoms with Gasteiger partial charge < -0.3 is 5.32 Å². The molecule has 1 saturated carbocycles. The van der Waals surface area contributed by atoms with Gasteiger partial charge in [0.25, 0.3) is 0 Å². The van der Waals surface area contributed by atoms with E-state index in [4.69, 9.17) is 0 Å². The van der Waals surface area contributed by atoms with E-state index in [-0.39, 0.29) is 11.7 Å². The van der Waals surface area contributed by atoms with Gasteiger partial charge in [-0.1, -0.05) is 43.9 Å². The van der Waals surface area contributed by atoms with Crippen LogP contribution >= 0.6 is 0 Å². The van der Waals surface area contributed by atoms with Gasteiger partial charge in [-0.3, -0.25) is 4.79 Å². The van der Waals surface area contributed by atoms with E-state index in [1.807, 2.05) is 6.07 Å².